The zero-order chi connectivity index (χ0) is 15.4. The Hall–Kier alpha value is -2.10. The number of hydrogen-bond acceptors (Lipinski definition) is 2. The van der Waals surface area contributed by atoms with Gasteiger partial charge in [0, 0.05) is 17.6 Å². The Kier molecular flexibility index (Phi) is 4.78. The van der Waals surface area contributed by atoms with Gasteiger partial charge in [-0.05, 0) is 56.4 Å². The van der Waals surface area contributed by atoms with Gasteiger partial charge in [0.25, 0.3) is 0 Å². The van der Waals surface area contributed by atoms with Crippen LogP contribution in [0, 0.1) is 19.8 Å². The molecular formula is C17H22N2O2. The minimum Gasteiger partial charge on any atom is -0.350 e. The van der Waals surface area contributed by atoms with E-state index >= 15 is 0 Å². The first-order chi connectivity index (χ1) is 10.0. The molecule has 1 aromatic rings. The highest BCUT2D eigenvalue weighted by molar-refractivity contribution is 5.93. The highest BCUT2D eigenvalue weighted by atomic mass is 16.2. The van der Waals surface area contributed by atoms with E-state index in [0.29, 0.717) is 6.42 Å². The lowest BCUT2D eigenvalue weighted by molar-refractivity contribution is -0.120. The molecule has 1 aromatic carbocycles. The van der Waals surface area contributed by atoms with Crippen molar-refractivity contribution in [2.45, 2.75) is 39.2 Å². The average Bonchev–Trinajstić information content (AvgIpc) is 2.92. The van der Waals surface area contributed by atoms with Gasteiger partial charge < -0.3 is 10.6 Å². The summed E-state index contributed by atoms with van der Waals surface area (Å²) in [5, 5.41) is 5.87. The van der Waals surface area contributed by atoms with Gasteiger partial charge in [-0.3, -0.25) is 9.59 Å². The number of rotatable bonds is 4. The largest absolute Gasteiger partial charge is 0.350 e. The van der Waals surface area contributed by atoms with Gasteiger partial charge in [-0.2, -0.15) is 0 Å². The first-order valence-electron chi connectivity index (χ1n) is 7.31. The van der Waals surface area contributed by atoms with Crippen LogP contribution in [0.15, 0.2) is 30.9 Å². The third-order valence-electron chi connectivity index (χ3n) is 4.20. The molecule has 0 unspecified atom stereocenters. The number of hydrogen-bond donors (Lipinski definition) is 2. The zero-order valence-electron chi connectivity index (χ0n) is 12.6. The summed E-state index contributed by atoms with van der Waals surface area (Å²) in [6, 6.07) is 5.97. The van der Waals surface area contributed by atoms with Crippen molar-refractivity contribution in [3.05, 3.63) is 42.0 Å². The quantitative estimate of drug-likeness (QED) is 0.836. The molecular weight excluding hydrogens is 264 g/mol. The maximum Gasteiger partial charge on any atom is 0.243 e. The Morgan fingerprint density at radius 2 is 2.05 bits per heavy atom. The summed E-state index contributed by atoms with van der Waals surface area (Å²) in [4.78, 5) is 23.6. The van der Waals surface area contributed by atoms with Crippen LogP contribution in [0.5, 0.6) is 0 Å². The summed E-state index contributed by atoms with van der Waals surface area (Å²) in [5.74, 6) is -0.172. The monoisotopic (exact) mass is 286 g/mol. The highest BCUT2D eigenvalue weighted by Gasteiger charge is 2.30. The zero-order valence-corrected chi connectivity index (χ0v) is 12.6. The van der Waals surface area contributed by atoms with Crippen molar-refractivity contribution in [1.29, 1.82) is 0 Å². The van der Waals surface area contributed by atoms with Crippen molar-refractivity contribution in [3.63, 3.8) is 0 Å². The molecule has 2 atom stereocenters. The normalized spacial score (nSPS) is 20.9. The summed E-state index contributed by atoms with van der Waals surface area (Å²) in [7, 11) is 0. The molecule has 0 aromatic heterocycles. The second kappa shape index (κ2) is 6.57. The summed E-state index contributed by atoms with van der Waals surface area (Å²) in [5.41, 5.74) is 3.13. The van der Waals surface area contributed by atoms with Gasteiger partial charge >= 0.3 is 0 Å². The van der Waals surface area contributed by atoms with E-state index in [9.17, 15) is 9.59 Å². The molecule has 2 amide bonds. The minimum atomic E-state index is -0.171. The predicted octanol–water partition coefficient (Wildman–Crippen LogP) is 2.71. The molecule has 1 aliphatic carbocycles. The molecule has 112 valence electrons. The van der Waals surface area contributed by atoms with Crippen LogP contribution in [0.1, 0.15) is 30.4 Å². The molecule has 1 fully saturated rings. The lowest BCUT2D eigenvalue weighted by Crippen LogP contribution is -2.32. The average molecular weight is 286 g/mol. The maximum atomic E-state index is 12.3. The van der Waals surface area contributed by atoms with E-state index in [1.54, 1.807) is 0 Å². The van der Waals surface area contributed by atoms with Crippen LogP contribution in [0.3, 0.4) is 0 Å². The smallest absolute Gasteiger partial charge is 0.243 e. The number of carbonyl (C=O) groups excluding carboxylic acids is 2. The van der Waals surface area contributed by atoms with Gasteiger partial charge in [-0.15, -0.1) is 0 Å². The molecule has 2 N–H and O–H groups in total. The van der Waals surface area contributed by atoms with Gasteiger partial charge in [0.2, 0.25) is 11.8 Å². The van der Waals surface area contributed by atoms with Gasteiger partial charge in [-0.1, -0.05) is 18.7 Å². The first kappa shape index (κ1) is 15.3. The molecule has 1 aliphatic rings. The SMILES string of the molecule is C=CC(=O)N[C@@H]1CC[C@@H](C(=O)Nc2cccc(C)c2C)C1. The fraction of sp³-hybridized carbons (Fsp3) is 0.412. The van der Waals surface area contributed by atoms with E-state index in [0.717, 1.165) is 29.7 Å². The molecule has 0 aliphatic heterocycles. The van der Waals surface area contributed by atoms with E-state index < -0.39 is 0 Å². The Bertz CT molecular complexity index is 566. The van der Waals surface area contributed by atoms with E-state index in [4.69, 9.17) is 0 Å². The third-order valence-corrected chi connectivity index (χ3v) is 4.20. The molecule has 21 heavy (non-hydrogen) atoms. The standard InChI is InChI=1S/C17H22N2O2/c1-4-16(20)18-14-9-8-13(10-14)17(21)19-15-7-5-6-11(2)12(15)3/h4-7,13-14H,1,8-10H2,2-3H3,(H,18,20)(H,19,21)/t13-,14-/m1/s1. The Morgan fingerprint density at radius 1 is 1.29 bits per heavy atom. The molecule has 0 radical (unpaired) electrons. The van der Waals surface area contributed by atoms with Crippen LogP contribution in [-0.2, 0) is 9.59 Å². The Labute approximate surface area is 125 Å². The Balaban J connectivity index is 1.94. The maximum absolute atomic E-state index is 12.3. The number of anilines is 1. The second-order valence-electron chi connectivity index (χ2n) is 5.66. The fourth-order valence-corrected chi connectivity index (χ4v) is 2.73. The topological polar surface area (TPSA) is 58.2 Å². The van der Waals surface area contributed by atoms with Gasteiger partial charge in [0.05, 0.1) is 0 Å². The van der Waals surface area contributed by atoms with Crippen LogP contribution >= 0.6 is 0 Å². The fourth-order valence-electron chi connectivity index (χ4n) is 2.73. The van der Waals surface area contributed by atoms with E-state index in [2.05, 4.69) is 17.2 Å². The minimum absolute atomic E-state index is 0.0408. The van der Waals surface area contributed by atoms with Crippen molar-refractivity contribution in [3.8, 4) is 0 Å². The van der Waals surface area contributed by atoms with Crippen LogP contribution in [0.2, 0.25) is 0 Å². The van der Waals surface area contributed by atoms with Crippen molar-refractivity contribution in [1.82, 2.24) is 5.32 Å². The lowest BCUT2D eigenvalue weighted by atomic mass is 10.0. The van der Waals surface area contributed by atoms with Crippen LogP contribution in [-0.4, -0.2) is 17.9 Å². The molecule has 0 bridgehead atoms. The van der Waals surface area contributed by atoms with Crippen molar-refractivity contribution < 1.29 is 9.59 Å². The first-order valence-corrected chi connectivity index (χ1v) is 7.31. The number of carbonyl (C=O) groups is 2. The number of benzene rings is 1. The van der Waals surface area contributed by atoms with Gasteiger partial charge in [0.15, 0.2) is 0 Å². The van der Waals surface area contributed by atoms with E-state index in [-0.39, 0.29) is 23.8 Å². The van der Waals surface area contributed by atoms with Crippen LogP contribution < -0.4 is 10.6 Å². The Morgan fingerprint density at radius 3 is 2.76 bits per heavy atom. The van der Waals surface area contributed by atoms with Crippen molar-refractivity contribution >= 4 is 17.5 Å². The van der Waals surface area contributed by atoms with Crippen LogP contribution in [0.4, 0.5) is 5.69 Å². The van der Waals surface area contributed by atoms with Gasteiger partial charge in [-0.25, -0.2) is 0 Å². The summed E-state index contributed by atoms with van der Waals surface area (Å²) in [6.45, 7) is 7.48. The molecule has 4 nitrogen and oxygen atoms in total. The molecule has 2 rings (SSSR count). The third kappa shape index (κ3) is 3.72. The molecule has 0 heterocycles. The van der Waals surface area contributed by atoms with E-state index in [1.165, 1.54) is 6.08 Å². The molecule has 0 saturated heterocycles. The van der Waals surface area contributed by atoms with Crippen LogP contribution in [0.25, 0.3) is 0 Å². The van der Waals surface area contributed by atoms with E-state index in [1.807, 2.05) is 32.0 Å². The number of aryl methyl sites for hydroxylation is 1. The van der Waals surface area contributed by atoms with Gasteiger partial charge in [0.1, 0.15) is 0 Å². The molecule has 1 saturated carbocycles. The summed E-state index contributed by atoms with van der Waals surface area (Å²) in [6.07, 6.45) is 3.60. The summed E-state index contributed by atoms with van der Waals surface area (Å²) >= 11 is 0. The van der Waals surface area contributed by atoms with Crippen molar-refractivity contribution in [2.75, 3.05) is 5.32 Å². The van der Waals surface area contributed by atoms with Crippen molar-refractivity contribution in [2.24, 2.45) is 5.92 Å². The molecule has 0 spiro atoms. The predicted molar refractivity (Wildman–Crippen MR) is 84.0 cm³/mol. The molecule has 4 heteroatoms. The number of amides is 2. The second-order valence-corrected chi connectivity index (χ2v) is 5.66. The number of nitrogens with one attached hydrogen (secondary N) is 2. The highest BCUT2D eigenvalue weighted by Crippen LogP contribution is 2.28. The summed E-state index contributed by atoms with van der Waals surface area (Å²) < 4.78 is 0. The lowest BCUT2D eigenvalue weighted by Gasteiger charge is -2.14.